The van der Waals surface area contributed by atoms with Crippen molar-refractivity contribution in [2.24, 2.45) is 0 Å². The van der Waals surface area contributed by atoms with Crippen LogP contribution in [0.3, 0.4) is 0 Å². The largest absolute Gasteiger partial charge is 0.304 e. The molecule has 3 rings (SSSR count). The van der Waals surface area contributed by atoms with Crippen molar-refractivity contribution in [3.63, 3.8) is 0 Å². The molecule has 1 saturated heterocycles. The molecule has 1 heterocycles. The maximum atomic E-state index is 13.0. The van der Waals surface area contributed by atoms with Crippen LogP contribution in [-0.2, 0) is 20.0 Å². The van der Waals surface area contributed by atoms with E-state index in [-0.39, 0.29) is 15.5 Å². The Morgan fingerprint density at radius 1 is 0.815 bits per heavy atom. The predicted molar refractivity (Wildman–Crippen MR) is 99.9 cm³/mol. The number of halogens is 1. The summed E-state index contributed by atoms with van der Waals surface area (Å²) in [5.74, 6) is -0.535. The molecule has 0 aromatic heterocycles. The lowest BCUT2D eigenvalue weighted by Gasteiger charge is -2.31. The van der Waals surface area contributed by atoms with E-state index in [1.807, 2.05) is 7.05 Å². The van der Waals surface area contributed by atoms with E-state index < -0.39 is 25.9 Å². The molecule has 0 atom stereocenters. The van der Waals surface area contributed by atoms with Gasteiger partial charge in [0.05, 0.1) is 9.79 Å². The van der Waals surface area contributed by atoms with Crippen molar-refractivity contribution < 1.29 is 21.2 Å². The maximum Gasteiger partial charge on any atom is 0.261 e. The highest BCUT2D eigenvalue weighted by Gasteiger charge is 2.27. The number of sulfonamides is 2. The first kappa shape index (κ1) is 19.7. The second kappa shape index (κ2) is 7.55. The Morgan fingerprint density at radius 2 is 1.33 bits per heavy atom. The summed E-state index contributed by atoms with van der Waals surface area (Å²) >= 11 is 0. The van der Waals surface area contributed by atoms with Gasteiger partial charge in [0.25, 0.3) is 10.0 Å². The second-order valence-corrected chi connectivity index (χ2v) is 9.91. The van der Waals surface area contributed by atoms with E-state index in [1.165, 1.54) is 28.6 Å². The number of hydrogen-bond acceptors (Lipinski definition) is 5. The number of nitrogens with zero attached hydrogens (tertiary/aromatic N) is 2. The van der Waals surface area contributed by atoms with Crippen molar-refractivity contribution in [2.45, 2.75) is 9.79 Å². The maximum absolute atomic E-state index is 13.0. The number of rotatable bonds is 5. The molecule has 0 bridgehead atoms. The summed E-state index contributed by atoms with van der Waals surface area (Å²) in [6, 6.07) is 9.95. The van der Waals surface area contributed by atoms with Crippen LogP contribution < -0.4 is 4.72 Å². The van der Waals surface area contributed by atoms with Gasteiger partial charge in [0.15, 0.2) is 0 Å². The lowest BCUT2D eigenvalue weighted by molar-refractivity contribution is 0.222. The number of likely N-dealkylation sites (N-methyl/N-ethyl adjacent to an activating group) is 1. The van der Waals surface area contributed by atoms with E-state index >= 15 is 0 Å². The highest BCUT2D eigenvalue weighted by atomic mass is 32.2. The lowest BCUT2D eigenvalue weighted by atomic mass is 10.3. The van der Waals surface area contributed by atoms with Crippen molar-refractivity contribution in [1.29, 1.82) is 0 Å². The van der Waals surface area contributed by atoms with Gasteiger partial charge in [-0.2, -0.15) is 4.31 Å². The van der Waals surface area contributed by atoms with Crippen LogP contribution in [0, 0.1) is 5.82 Å². The summed E-state index contributed by atoms with van der Waals surface area (Å²) < 4.78 is 66.7. The molecule has 1 N–H and O–H groups in total. The topological polar surface area (TPSA) is 86.8 Å². The summed E-state index contributed by atoms with van der Waals surface area (Å²) in [6.07, 6.45) is 0. The Hall–Kier alpha value is -2.01. The molecule has 0 radical (unpaired) electrons. The van der Waals surface area contributed by atoms with E-state index in [2.05, 4.69) is 9.62 Å². The minimum absolute atomic E-state index is 0.0852. The van der Waals surface area contributed by atoms with E-state index in [9.17, 15) is 21.2 Å². The van der Waals surface area contributed by atoms with Crippen molar-refractivity contribution in [1.82, 2.24) is 9.21 Å². The van der Waals surface area contributed by atoms with Crippen LogP contribution in [0.4, 0.5) is 10.1 Å². The standard InChI is InChI=1S/C17H20FN3O4S2/c1-20-10-12-21(13-11-20)27(24,25)17-8-4-15(5-9-17)19-26(22,23)16-6-2-14(18)3-7-16/h2-9,19H,10-13H2,1H3. The van der Waals surface area contributed by atoms with Crippen molar-refractivity contribution in [3.05, 3.63) is 54.3 Å². The van der Waals surface area contributed by atoms with Gasteiger partial charge in [0, 0.05) is 31.9 Å². The van der Waals surface area contributed by atoms with Gasteiger partial charge in [-0.15, -0.1) is 0 Å². The van der Waals surface area contributed by atoms with Crippen LogP contribution in [0.15, 0.2) is 58.3 Å². The first-order valence-corrected chi connectivity index (χ1v) is 11.2. The highest BCUT2D eigenvalue weighted by Crippen LogP contribution is 2.21. The molecule has 0 amide bonds. The summed E-state index contributed by atoms with van der Waals surface area (Å²) in [5.41, 5.74) is 0.219. The van der Waals surface area contributed by atoms with Crippen molar-refractivity contribution >= 4 is 25.7 Å². The molecule has 1 fully saturated rings. The number of piperazine rings is 1. The molecule has 146 valence electrons. The van der Waals surface area contributed by atoms with E-state index in [0.29, 0.717) is 26.2 Å². The Kier molecular flexibility index (Phi) is 5.52. The molecule has 2 aromatic carbocycles. The third-order valence-electron chi connectivity index (χ3n) is 4.33. The van der Waals surface area contributed by atoms with Gasteiger partial charge in [-0.1, -0.05) is 0 Å². The van der Waals surface area contributed by atoms with E-state index in [4.69, 9.17) is 0 Å². The second-order valence-electron chi connectivity index (χ2n) is 6.29. The fourth-order valence-corrected chi connectivity index (χ4v) is 5.18. The van der Waals surface area contributed by atoms with Gasteiger partial charge in [-0.25, -0.2) is 21.2 Å². The van der Waals surface area contributed by atoms with Gasteiger partial charge in [-0.05, 0) is 55.6 Å². The van der Waals surface area contributed by atoms with Crippen LogP contribution in [0.2, 0.25) is 0 Å². The van der Waals surface area contributed by atoms with Crippen molar-refractivity contribution in [2.75, 3.05) is 37.9 Å². The average molecular weight is 413 g/mol. The van der Waals surface area contributed by atoms with Crippen LogP contribution in [0.1, 0.15) is 0 Å². The molecule has 1 aliphatic heterocycles. The number of hydrogen-bond donors (Lipinski definition) is 1. The zero-order valence-electron chi connectivity index (χ0n) is 14.7. The molecule has 0 saturated carbocycles. The third kappa shape index (κ3) is 4.46. The molecular weight excluding hydrogens is 393 g/mol. The number of anilines is 1. The molecule has 27 heavy (non-hydrogen) atoms. The Balaban J connectivity index is 1.76. The van der Waals surface area contributed by atoms with Gasteiger partial charge < -0.3 is 4.90 Å². The molecular formula is C17H20FN3O4S2. The fraction of sp³-hybridized carbons (Fsp3) is 0.294. The van der Waals surface area contributed by atoms with E-state index in [1.54, 1.807) is 0 Å². The fourth-order valence-electron chi connectivity index (χ4n) is 2.70. The molecule has 1 aliphatic rings. The summed E-state index contributed by atoms with van der Waals surface area (Å²) in [7, 11) is -5.57. The minimum atomic E-state index is -3.89. The summed E-state index contributed by atoms with van der Waals surface area (Å²) in [6.45, 7) is 2.15. The van der Waals surface area contributed by atoms with Crippen LogP contribution >= 0.6 is 0 Å². The minimum Gasteiger partial charge on any atom is -0.304 e. The summed E-state index contributed by atoms with van der Waals surface area (Å²) in [5, 5.41) is 0. The van der Waals surface area contributed by atoms with Crippen LogP contribution in [0.25, 0.3) is 0 Å². The molecule has 10 heteroatoms. The number of nitrogens with one attached hydrogen (secondary N) is 1. The normalized spacial score (nSPS) is 17.0. The lowest BCUT2D eigenvalue weighted by Crippen LogP contribution is -2.46. The monoisotopic (exact) mass is 413 g/mol. The van der Waals surface area contributed by atoms with Gasteiger partial charge >= 0.3 is 0 Å². The SMILES string of the molecule is CN1CCN(S(=O)(=O)c2ccc(NS(=O)(=O)c3ccc(F)cc3)cc2)CC1. The molecule has 7 nitrogen and oxygen atoms in total. The van der Waals surface area contributed by atoms with Crippen LogP contribution in [-0.4, -0.2) is 59.3 Å². The highest BCUT2D eigenvalue weighted by molar-refractivity contribution is 7.92. The molecule has 0 spiro atoms. The number of benzene rings is 2. The van der Waals surface area contributed by atoms with Crippen molar-refractivity contribution in [3.8, 4) is 0 Å². The smallest absolute Gasteiger partial charge is 0.261 e. The van der Waals surface area contributed by atoms with Gasteiger partial charge in [0.2, 0.25) is 10.0 Å². The molecule has 0 aliphatic carbocycles. The van der Waals surface area contributed by atoms with Gasteiger partial charge in [-0.3, -0.25) is 4.72 Å². The Labute approximate surface area is 158 Å². The Morgan fingerprint density at radius 3 is 1.89 bits per heavy atom. The zero-order chi connectivity index (χ0) is 19.7. The zero-order valence-corrected chi connectivity index (χ0v) is 16.3. The summed E-state index contributed by atoms with van der Waals surface area (Å²) in [4.78, 5) is 2.08. The van der Waals surface area contributed by atoms with Gasteiger partial charge in [0.1, 0.15) is 5.82 Å². The van der Waals surface area contributed by atoms with E-state index in [0.717, 1.165) is 24.3 Å². The predicted octanol–water partition coefficient (Wildman–Crippen LogP) is 1.56. The molecule has 0 unspecified atom stereocenters. The average Bonchev–Trinajstić information content (AvgIpc) is 2.62. The quantitative estimate of drug-likeness (QED) is 0.804. The first-order valence-electron chi connectivity index (χ1n) is 8.26. The first-order chi connectivity index (χ1) is 12.7. The Bertz CT molecular complexity index is 999. The van der Waals surface area contributed by atoms with Crippen LogP contribution in [0.5, 0.6) is 0 Å². The molecule has 2 aromatic rings. The third-order valence-corrected chi connectivity index (χ3v) is 7.64.